The highest BCUT2D eigenvalue weighted by atomic mass is 79.9. The normalized spacial score (nSPS) is 14.9. The quantitative estimate of drug-likeness (QED) is 0.509. The lowest BCUT2D eigenvalue weighted by molar-refractivity contribution is -0.0000337. The Morgan fingerprint density at radius 3 is 2.61 bits per heavy atom. The van der Waals surface area contributed by atoms with Gasteiger partial charge < -0.3 is 27.2 Å². The number of carboxylic acid groups (broad SMARTS) is 2. The van der Waals surface area contributed by atoms with Crippen LogP contribution in [0.25, 0.3) is 0 Å². The van der Waals surface area contributed by atoms with Gasteiger partial charge in [0.1, 0.15) is 4.51 Å². The lowest BCUT2D eigenvalue weighted by atomic mass is 10.1. The fourth-order valence-electron chi connectivity index (χ4n) is 2.18. The maximum Gasteiger partial charge on any atom is 0.355 e. The van der Waals surface area contributed by atoms with E-state index in [1.807, 2.05) is 30.1 Å². The molecule has 1 atom stereocenters. The fourth-order valence-corrected chi connectivity index (χ4v) is 3.92. The van der Waals surface area contributed by atoms with E-state index in [1.54, 1.807) is 0 Å². The summed E-state index contributed by atoms with van der Waals surface area (Å²) in [6.07, 6.45) is 1.41. The van der Waals surface area contributed by atoms with Crippen molar-refractivity contribution in [2.75, 3.05) is 0 Å². The molecule has 0 spiro atoms. The first kappa shape index (κ1) is 17.2. The van der Waals surface area contributed by atoms with Gasteiger partial charge in [-0.1, -0.05) is 11.1 Å². The number of hydrogen-bond donors (Lipinski definition) is 2. The number of para-hydroxylation sites is 1. The topological polar surface area (TPSA) is 99.9 Å². The fraction of sp³-hybridized carbons (Fsp3) is 0.0667. The number of pyridine rings is 1. The predicted molar refractivity (Wildman–Crippen MR) is 80.2 cm³/mol. The predicted octanol–water partition coefficient (Wildman–Crippen LogP) is -1.05. The largest absolute Gasteiger partial charge is 1.00 e. The zero-order chi connectivity index (χ0) is 15.7. The number of aromatic nitrogens is 1. The van der Waals surface area contributed by atoms with Crippen LogP contribution in [0.1, 0.15) is 26.4 Å². The molecule has 0 bridgehead atoms. The van der Waals surface area contributed by atoms with Crippen LogP contribution < -0.4 is 22.3 Å². The maximum atomic E-state index is 11.2. The molecule has 0 amide bonds. The molecule has 0 aliphatic carbocycles. The van der Waals surface area contributed by atoms with Crippen molar-refractivity contribution in [3.05, 3.63) is 69.1 Å². The van der Waals surface area contributed by atoms with Crippen LogP contribution in [0.5, 0.6) is 0 Å². The molecule has 0 saturated heterocycles. The number of fused-ring (bicyclic) bond motifs is 1. The van der Waals surface area contributed by atoms with Gasteiger partial charge in [-0.15, -0.1) is 0 Å². The Balaban J connectivity index is 0.00000192. The van der Waals surface area contributed by atoms with E-state index in [0.717, 1.165) is 9.87 Å². The zero-order valence-corrected chi connectivity index (χ0v) is 14.0. The third kappa shape index (κ3) is 3.43. The first-order chi connectivity index (χ1) is 10.6. The van der Waals surface area contributed by atoms with Gasteiger partial charge >= 0.3 is 11.9 Å². The molecular formula is C15H11BrN2O4S. The van der Waals surface area contributed by atoms with E-state index in [1.165, 1.54) is 12.3 Å². The van der Waals surface area contributed by atoms with Crippen molar-refractivity contribution in [2.45, 2.75) is 5.75 Å². The van der Waals surface area contributed by atoms with E-state index >= 15 is 0 Å². The molecule has 6 nitrogen and oxygen atoms in total. The second-order valence-corrected chi connectivity index (χ2v) is 6.42. The molecule has 3 rings (SSSR count). The summed E-state index contributed by atoms with van der Waals surface area (Å²) in [5.41, 5.74) is -0.0630. The van der Waals surface area contributed by atoms with Gasteiger partial charge in [-0.25, -0.2) is 14.6 Å². The van der Waals surface area contributed by atoms with Gasteiger partial charge in [0.25, 0.3) is 0 Å². The monoisotopic (exact) mass is 394 g/mol. The van der Waals surface area contributed by atoms with Crippen molar-refractivity contribution in [3.63, 3.8) is 0 Å². The molecule has 0 fully saturated rings. The Labute approximate surface area is 144 Å². The van der Waals surface area contributed by atoms with Crippen molar-refractivity contribution in [1.82, 2.24) is 4.98 Å². The highest BCUT2D eigenvalue weighted by Crippen LogP contribution is 2.29. The number of carboxylic acids is 2. The van der Waals surface area contributed by atoms with Gasteiger partial charge in [0.05, 0.1) is 11.6 Å². The molecule has 1 aromatic carbocycles. The summed E-state index contributed by atoms with van der Waals surface area (Å²) in [4.78, 5) is 30.3. The van der Waals surface area contributed by atoms with Crippen molar-refractivity contribution in [1.29, 1.82) is 0 Å². The zero-order valence-electron chi connectivity index (χ0n) is 11.6. The van der Waals surface area contributed by atoms with Gasteiger partial charge in [-0.2, -0.15) is 0 Å². The first-order valence-electron chi connectivity index (χ1n) is 6.34. The highest BCUT2D eigenvalue weighted by molar-refractivity contribution is 8.10. The summed E-state index contributed by atoms with van der Waals surface area (Å²) in [7, 11) is -0.264. The van der Waals surface area contributed by atoms with Crippen LogP contribution in [0.4, 0.5) is 0 Å². The Morgan fingerprint density at radius 2 is 1.91 bits per heavy atom. The summed E-state index contributed by atoms with van der Waals surface area (Å²) in [5, 5.41) is 19.0. The molecule has 1 aromatic heterocycles. The van der Waals surface area contributed by atoms with E-state index < -0.39 is 17.6 Å². The molecule has 2 aromatic rings. The van der Waals surface area contributed by atoms with Crippen LogP contribution in [0.15, 0.2) is 41.5 Å². The van der Waals surface area contributed by atoms with E-state index in [0.29, 0.717) is 11.3 Å². The molecule has 23 heavy (non-hydrogen) atoms. The highest BCUT2D eigenvalue weighted by Gasteiger charge is 2.20. The number of halogens is 1. The van der Waals surface area contributed by atoms with E-state index in [-0.39, 0.29) is 33.0 Å². The van der Waals surface area contributed by atoms with E-state index in [4.69, 9.17) is 10.2 Å². The third-order valence-corrected chi connectivity index (χ3v) is 5.08. The standard InChI is InChI=1S/C15H10N2O4S.BrH/c18-14(19)10-5-9(6-16-13(10)15(20)21)7-22-8-17-11-3-1-2-4-12(11)22;/h1-6,8H,7H2,(H-,18,19,20,21);1H. The average molecular weight is 395 g/mol. The van der Waals surface area contributed by atoms with Gasteiger partial charge in [0, 0.05) is 11.9 Å². The molecule has 1 unspecified atom stereocenters. The molecular weight excluding hydrogens is 384 g/mol. The summed E-state index contributed by atoms with van der Waals surface area (Å²) < 4.78 is 1.10. The van der Waals surface area contributed by atoms with E-state index in [9.17, 15) is 9.59 Å². The molecule has 1 aliphatic rings. The number of carbonyl (C=O) groups is 2. The summed E-state index contributed by atoms with van der Waals surface area (Å²) in [6, 6.07) is 9.13. The van der Waals surface area contributed by atoms with Crippen molar-refractivity contribution in [3.8, 4) is 0 Å². The summed E-state index contributed by atoms with van der Waals surface area (Å²) in [5.74, 6) is -0.251. The van der Waals surface area contributed by atoms with Crippen LogP contribution in [-0.4, -0.2) is 27.1 Å². The van der Waals surface area contributed by atoms with Crippen LogP contribution in [0, 0.1) is 10.4 Å². The second-order valence-electron chi connectivity index (χ2n) is 4.63. The Morgan fingerprint density at radius 1 is 1.17 bits per heavy atom. The van der Waals surface area contributed by atoms with Crippen LogP contribution in [-0.2, 0) is 5.75 Å². The SMILES string of the molecule is O=C(O)c1cc(CS2=c3ccccc3=N[CH+]2)cnc1C(=O)O.[Br-]. The minimum atomic E-state index is -1.35. The lowest BCUT2D eigenvalue weighted by Crippen LogP contribution is -3.00. The molecule has 8 heteroatoms. The number of aromatic carboxylic acids is 2. The van der Waals surface area contributed by atoms with Gasteiger partial charge in [-0.05, 0) is 34.2 Å². The van der Waals surface area contributed by atoms with Crippen LogP contribution in [0.2, 0.25) is 0 Å². The Kier molecular flexibility index (Phi) is 5.17. The van der Waals surface area contributed by atoms with Gasteiger partial charge in [-0.3, -0.25) is 0 Å². The maximum absolute atomic E-state index is 11.2. The first-order valence-corrected chi connectivity index (χ1v) is 7.80. The van der Waals surface area contributed by atoms with E-state index in [2.05, 4.69) is 9.98 Å². The van der Waals surface area contributed by atoms with Crippen molar-refractivity contribution < 1.29 is 36.8 Å². The molecule has 0 saturated carbocycles. The Bertz CT molecular complexity index is 914. The second kappa shape index (κ2) is 6.93. The molecule has 2 heterocycles. The molecule has 0 radical (unpaired) electrons. The number of nitrogens with zero attached hydrogens (tertiary/aromatic N) is 2. The minimum Gasteiger partial charge on any atom is -1.00 e. The lowest BCUT2D eigenvalue weighted by Gasteiger charge is -2.04. The van der Waals surface area contributed by atoms with Crippen LogP contribution in [0.3, 0.4) is 0 Å². The number of rotatable bonds is 4. The van der Waals surface area contributed by atoms with Crippen molar-refractivity contribution in [2.24, 2.45) is 4.99 Å². The summed E-state index contributed by atoms with van der Waals surface area (Å²) in [6.45, 7) is 0. The molecule has 1 aliphatic heterocycles. The molecule has 118 valence electrons. The van der Waals surface area contributed by atoms with Gasteiger partial charge in [0.2, 0.25) is 5.36 Å². The third-order valence-electron chi connectivity index (χ3n) is 3.17. The van der Waals surface area contributed by atoms with Gasteiger partial charge in [0.15, 0.2) is 11.6 Å². The number of benzene rings is 1. The smallest absolute Gasteiger partial charge is 0.355 e. The Hall–Kier alpha value is -2.19. The van der Waals surface area contributed by atoms with Crippen LogP contribution >= 0.6 is 10.5 Å². The minimum absolute atomic E-state index is 0. The molecule has 2 N–H and O–H groups in total. The van der Waals surface area contributed by atoms with Crippen molar-refractivity contribution >= 4 is 22.4 Å². The summed E-state index contributed by atoms with van der Waals surface area (Å²) >= 11 is 0. The average Bonchev–Trinajstić information content (AvgIpc) is 2.90. The number of hydrogen-bond acceptors (Lipinski definition) is 4.